The zero-order valence-corrected chi connectivity index (χ0v) is 8.58. The van der Waals surface area contributed by atoms with Crippen molar-refractivity contribution in [1.82, 2.24) is 9.97 Å². The molecule has 2 N–H and O–H groups in total. The molecule has 0 spiro atoms. The van der Waals surface area contributed by atoms with Gasteiger partial charge in [-0.1, -0.05) is 13.8 Å². The highest BCUT2D eigenvalue weighted by Gasteiger charge is 2.20. The first-order valence-corrected chi connectivity index (χ1v) is 4.95. The Morgan fingerprint density at radius 3 is 2.93 bits per heavy atom. The maximum absolute atomic E-state index is 5.61. The molecule has 14 heavy (non-hydrogen) atoms. The minimum Gasteiger partial charge on any atom is -0.477 e. The van der Waals surface area contributed by atoms with E-state index in [0.29, 0.717) is 24.4 Å². The predicted molar refractivity (Wildman–Crippen MR) is 54.2 cm³/mol. The third-order valence-electron chi connectivity index (χ3n) is 2.26. The third kappa shape index (κ3) is 1.64. The molecule has 2 heterocycles. The van der Waals surface area contributed by atoms with Crippen LogP contribution in [-0.2, 0) is 12.8 Å². The number of rotatable bonds is 2. The molecule has 4 heteroatoms. The van der Waals surface area contributed by atoms with Crippen molar-refractivity contribution in [3.05, 3.63) is 11.3 Å². The molecule has 0 amide bonds. The van der Waals surface area contributed by atoms with E-state index in [-0.39, 0.29) is 0 Å². The van der Waals surface area contributed by atoms with Crippen molar-refractivity contribution >= 4 is 5.95 Å². The highest BCUT2D eigenvalue weighted by Crippen LogP contribution is 2.27. The average Bonchev–Trinajstić information content (AvgIpc) is 2.50. The Bertz CT molecular complexity index is 349. The van der Waals surface area contributed by atoms with E-state index in [1.807, 2.05) is 0 Å². The van der Waals surface area contributed by atoms with Crippen molar-refractivity contribution in [3.8, 4) is 5.88 Å². The summed E-state index contributed by atoms with van der Waals surface area (Å²) in [7, 11) is 0. The second kappa shape index (κ2) is 3.44. The summed E-state index contributed by atoms with van der Waals surface area (Å²) >= 11 is 0. The van der Waals surface area contributed by atoms with Crippen LogP contribution in [0.15, 0.2) is 0 Å². The van der Waals surface area contributed by atoms with E-state index in [2.05, 4.69) is 23.8 Å². The fraction of sp³-hybridized carbons (Fsp3) is 0.600. The maximum Gasteiger partial charge on any atom is 0.223 e. The van der Waals surface area contributed by atoms with Crippen molar-refractivity contribution in [2.45, 2.75) is 26.7 Å². The molecule has 76 valence electrons. The number of nitrogens with zero attached hydrogens (tertiary/aromatic N) is 2. The van der Waals surface area contributed by atoms with E-state index in [4.69, 9.17) is 10.5 Å². The number of ether oxygens (including phenoxy) is 1. The molecule has 0 unspecified atom stereocenters. The summed E-state index contributed by atoms with van der Waals surface area (Å²) in [6.45, 7) is 5.04. The van der Waals surface area contributed by atoms with E-state index in [1.54, 1.807) is 0 Å². The molecule has 1 aliphatic heterocycles. The van der Waals surface area contributed by atoms with Crippen LogP contribution in [-0.4, -0.2) is 16.6 Å². The van der Waals surface area contributed by atoms with E-state index in [0.717, 1.165) is 24.1 Å². The fourth-order valence-electron chi connectivity index (χ4n) is 1.70. The van der Waals surface area contributed by atoms with Crippen LogP contribution in [0.5, 0.6) is 5.88 Å². The molecule has 4 nitrogen and oxygen atoms in total. The number of hydrogen-bond donors (Lipinski definition) is 1. The maximum atomic E-state index is 5.61. The van der Waals surface area contributed by atoms with Gasteiger partial charge in [0.15, 0.2) is 0 Å². The van der Waals surface area contributed by atoms with Crippen LogP contribution < -0.4 is 10.5 Å². The lowest BCUT2D eigenvalue weighted by molar-refractivity contribution is 0.345. The molecule has 1 aromatic heterocycles. The van der Waals surface area contributed by atoms with Gasteiger partial charge in [0.05, 0.1) is 12.3 Å². The summed E-state index contributed by atoms with van der Waals surface area (Å²) in [5, 5.41) is 0. The molecule has 1 aliphatic rings. The minimum atomic E-state index is 0.321. The van der Waals surface area contributed by atoms with Gasteiger partial charge in [0, 0.05) is 12.0 Å². The molecule has 0 saturated heterocycles. The normalized spacial score (nSPS) is 14.2. The van der Waals surface area contributed by atoms with Gasteiger partial charge in [0.1, 0.15) is 0 Å². The number of aromatic nitrogens is 2. The summed E-state index contributed by atoms with van der Waals surface area (Å²) in [5.41, 5.74) is 7.81. The molecule has 0 bridgehead atoms. The molecule has 0 atom stereocenters. The number of fused-ring (bicyclic) bond motifs is 1. The lowest BCUT2D eigenvalue weighted by Crippen LogP contribution is -2.05. The SMILES string of the molecule is CC(C)Cc1nc(N)nc2c1CCO2. The highest BCUT2D eigenvalue weighted by atomic mass is 16.5. The Labute approximate surface area is 83.5 Å². The smallest absolute Gasteiger partial charge is 0.223 e. The summed E-state index contributed by atoms with van der Waals surface area (Å²) in [4.78, 5) is 8.34. The lowest BCUT2D eigenvalue weighted by atomic mass is 10.0. The summed E-state index contributed by atoms with van der Waals surface area (Å²) in [6, 6.07) is 0. The van der Waals surface area contributed by atoms with Gasteiger partial charge in [-0.3, -0.25) is 0 Å². The summed E-state index contributed by atoms with van der Waals surface area (Å²) in [5.74, 6) is 1.59. The molecule has 2 rings (SSSR count). The van der Waals surface area contributed by atoms with Crippen LogP contribution in [0.1, 0.15) is 25.1 Å². The summed E-state index contributed by atoms with van der Waals surface area (Å²) in [6.07, 6.45) is 1.86. The molecular weight excluding hydrogens is 178 g/mol. The van der Waals surface area contributed by atoms with Crippen molar-refractivity contribution in [2.24, 2.45) is 5.92 Å². The van der Waals surface area contributed by atoms with E-state index < -0.39 is 0 Å². The van der Waals surface area contributed by atoms with Gasteiger partial charge in [-0.25, -0.2) is 4.98 Å². The second-order valence-corrected chi connectivity index (χ2v) is 4.01. The topological polar surface area (TPSA) is 61.0 Å². The van der Waals surface area contributed by atoms with E-state index in [1.165, 1.54) is 0 Å². The zero-order valence-electron chi connectivity index (χ0n) is 8.58. The Morgan fingerprint density at radius 2 is 2.21 bits per heavy atom. The first-order chi connectivity index (χ1) is 6.66. The molecule has 0 aliphatic carbocycles. The molecule has 0 radical (unpaired) electrons. The van der Waals surface area contributed by atoms with Gasteiger partial charge in [-0.2, -0.15) is 4.98 Å². The van der Waals surface area contributed by atoms with Crippen LogP contribution in [0.2, 0.25) is 0 Å². The molecule has 0 saturated carbocycles. The predicted octanol–water partition coefficient (Wildman–Crippen LogP) is 1.19. The largest absolute Gasteiger partial charge is 0.477 e. The van der Waals surface area contributed by atoms with E-state index >= 15 is 0 Å². The van der Waals surface area contributed by atoms with Gasteiger partial charge < -0.3 is 10.5 Å². The first-order valence-electron chi connectivity index (χ1n) is 4.95. The Kier molecular flexibility index (Phi) is 2.27. The Hall–Kier alpha value is -1.32. The monoisotopic (exact) mass is 193 g/mol. The van der Waals surface area contributed by atoms with Gasteiger partial charge in [0.2, 0.25) is 11.8 Å². The average molecular weight is 193 g/mol. The third-order valence-corrected chi connectivity index (χ3v) is 2.26. The van der Waals surface area contributed by atoms with Gasteiger partial charge in [0.25, 0.3) is 0 Å². The number of nitrogens with two attached hydrogens (primary N) is 1. The van der Waals surface area contributed by atoms with Crippen LogP contribution >= 0.6 is 0 Å². The standard InChI is InChI=1S/C10H15N3O/c1-6(2)5-8-7-3-4-14-9(7)13-10(11)12-8/h6H,3-5H2,1-2H3,(H2,11,12,13). The molecule has 1 aromatic rings. The Balaban J connectivity index is 2.38. The number of nitrogen functional groups attached to an aromatic ring is 1. The number of anilines is 1. The van der Waals surface area contributed by atoms with Crippen molar-refractivity contribution < 1.29 is 4.74 Å². The van der Waals surface area contributed by atoms with Crippen molar-refractivity contribution in [1.29, 1.82) is 0 Å². The lowest BCUT2D eigenvalue weighted by Gasteiger charge is -2.08. The molecule has 0 aromatic carbocycles. The second-order valence-electron chi connectivity index (χ2n) is 4.01. The number of hydrogen-bond acceptors (Lipinski definition) is 4. The molecular formula is C10H15N3O. The first kappa shape index (κ1) is 9.24. The highest BCUT2D eigenvalue weighted by molar-refractivity contribution is 5.38. The van der Waals surface area contributed by atoms with E-state index in [9.17, 15) is 0 Å². The van der Waals surface area contributed by atoms with Crippen LogP contribution in [0, 0.1) is 5.92 Å². The quantitative estimate of drug-likeness (QED) is 0.766. The van der Waals surface area contributed by atoms with Crippen LogP contribution in [0.25, 0.3) is 0 Å². The van der Waals surface area contributed by atoms with Crippen molar-refractivity contribution in [3.63, 3.8) is 0 Å². The van der Waals surface area contributed by atoms with Crippen LogP contribution in [0.4, 0.5) is 5.95 Å². The summed E-state index contributed by atoms with van der Waals surface area (Å²) < 4.78 is 5.37. The zero-order chi connectivity index (χ0) is 10.1. The van der Waals surface area contributed by atoms with Crippen LogP contribution in [0.3, 0.4) is 0 Å². The minimum absolute atomic E-state index is 0.321. The fourth-order valence-corrected chi connectivity index (χ4v) is 1.70. The molecule has 0 fully saturated rings. The van der Waals surface area contributed by atoms with Gasteiger partial charge >= 0.3 is 0 Å². The van der Waals surface area contributed by atoms with Gasteiger partial charge in [-0.15, -0.1) is 0 Å². The van der Waals surface area contributed by atoms with Gasteiger partial charge in [-0.05, 0) is 12.3 Å². The Morgan fingerprint density at radius 1 is 1.43 bits per heavy atom. The van der Waals surface area contributed by atoms with Crippen molar-refractivity contribution in [2.75, 3.05) is 12.3 Å².